The van der Waals surface area contributed by atoms with Crippen LogP contribution in [0.4, 0.5) is 5.69 Å². The van der Waals surface area contributed by atoms with E-state index in [1.54, 1.807) is 13.2 Å². The highest BCUT2D eigenvalue weighted by Crippen LogP contribution is 2.25. The predicted octanol–water partition coefficient (Wildman–Crippen LogP) is 3.53. The summed E-state index contributed by atoms with van der Waals surface area (Å²) >= 11 is 0. The van der Waals surface area contributed by atoms with Crippen LogP contribution in [-0.4, -0.2) is 31.2 Å². The Morgan fingerprint density at radius 2 is 1.76 bits per heavy atom. The summed E-state index contributed by atoms with van der Waals surface area (Å²) in [4.78, 5) is 23.3. The number of carboxylic acid groups (broad SMARTS) is 1. The molecule has 0 saturated carbocycles. The number of aromatic carboxylic acids is 1. The monoisotopic (exact) mass is 343 g/mol. The zero-order valence-electron chi connectivity index (χ0n) is 14.4. The SMILES string of the molecule is COc1ccc(C(C)CC(=O)Nc2ccc(C(=O)O)c(OC)c2)cc1. The molecule has 0 heterocycles. The van der Waals surface area contributed by atoms with Crippen LogP contribution in [0.5, 0.6) is 11.5 Å². The number of hydrogen-bond donors (Lipinski definition) is 2. The number of amides is 1. The molecule has 0 saturated heterocycles. The molecular weight excluding hydrogens is 322 g/mol. The van der Waals surface area contributed by atoms with Crippen LogP contribution >= 0.6 is 0 Å². The minimum atomic E-state index is -1.08. The molecule has 132 valence electrons. The molecule has 2 aromatic rings. The maximum atomic E-state index is 12.2. The van der Waals surface area contributed by atoms with E-state index in [1.165, 1.54) is 19.2 Å². The molecule has 0 bridgehead atoms. The van der Waals surface area contributed by atoms with Crippen LogP contribution in [0, 0.1) is 0 Å². The third kappa shape index (κ3) is 4.73. The first-order chi connectivity index (χ1) is 11.9. The number of rotatable bonds is 7. The molecule has 6 nitrogen and oxygen atoms in total. The van der Waals surface area contributed by atoms with Crippen LogP contribution in [0.25, 0.3) is 0 Å². The summed E-state index contributed by atoms with van der Waals surface area (Å²) < 4.78 is 10.2. The molecule has 1 unspecified atom stereocenters. The van der Waals surface area contributed by atoms with Gasteiger partial charge in [-0.3, -0.25) is 4.79 Å². The summed E-state index contributed by atoms with van der Waals surface area (Å²) in [5, 5.41) is 11.8. The van der Waals surface area contributed by atoms with Gasteiger partial charge in [-0.25, -0.2) is 4.79 Å². The summed E-state index contributed by atoms with van der Waals surface area (Å²) in [6.45, 7) is 1.97. The van der Waals surface area contributed by atoms with Crippen molar-refractivity contribution in [3.8, 4) is 11.5 Å². The Morgan fingerprint density at radius 1 is 1.08 bits per heavy atom. The number of anilines is 1. The third-order valence-electron chi connectivity index (χ3n) is 3.89. The summed E-state index contributed by atoms with van der Waals surface area (Å²) in [5.74, 6) is -0.234. The lowest BCUT2D eigenvalue weighted by Crippen LogP contribution is -2.14. The highest BCUT2D eigenvalue weighted by Gasteiger charge is 2.14. The van der Waals surface area contributed by atoms with Gasteiger partial charge in [0.2, 0.25) is 5.91 Å². The minimum absolute atomic E-state index is 0.0334. The van der Waals surface area contributed by atoms with Gasteiger partial charge in [-0.15, -0.1) is 0 Å². The Hall–Kier alpha value is -3.02. The molecule has 1 atom stereocenters. The number of ether oxygens (including phenoxy) is 2. The summed E-state index contributed by atoms with van der Waals surface area (Å²) in [6, 6.07) is 12.0. The molecule has 1 amide bonds. The Kier molecular flexibility index (Phi) is 6.00. The van der Waals surface area contributed by atoms with Gasteiger partial charge in [0, 0.05) is 18.2 Å². The molecule has 0 aliphatic carbocycles. The van der Waals surface area contributed by atoms with Crippen molar-refractivity contribution in [2.45, 2.75) is 19.3 Å². The molecule has 2 rings (SSSR count). The van der Waals surface area contributed by atoms with E-state index in [9.17, 15) is 9.59 Å². The van der Waals surface area contributed by atoms with Crippen LogP contribution in [0.1, 0.15) is 35.2 Å². The van der Waals surface area contributed by atoms with Crippen LogP contribution in [0.3, 0.4) is 0 Å². The topological polar surface area (TPSA) is 84.9 Å². The van der Waals surface area contributed by atoms with Gasteiger partial charge in [-0.2, -0.15) is 0 Å². The van der Waals surface area contributed by atoms with Crippen molar-refractivity contribution in [3.05, 3.63) is 53.6 Å². The maximum Gasteiger partial charge on any atom is 0.339 e. The van der Waals surface area contributed by atoms with Crippen molar-refractivity contribution < 1.29 is 24.2 Å². The molecule has 2 aromatic carbocycles. The average molecular weight is 343 g/mol. The summed E-state index contributed by atoms with van der Waals surface area (Å²) in [5.41, 5.74) is 1.58. The van der Waals surface area contributed by atoms with Crippen molar-refractivity contribution in [1.82, 2.24) is 0 Å². The van der Waals surface area contributed by atoms with E-state index in [4.69, 9.17) is 14.6 Å². The molecule has 2 N–H and O–H groups in total. The largest absolute Gasteiger partial charge is 0.497 e. The van der Waals surface area contributed by atoms with Crippen LogP contribution < -0.4 is 14.8 Å². The zero-order chi connectivity index (χ0) is 18.4. The first-order valence-corrected chi connectivity index (χ1v) is 7.79. The van der Waals surface area contributed by atoms with E-state index in [1.807, 2.05) is 31.2 Å². The van der Waals surface area contributed by atoms with E-state index < -0.39 is 5.97 Å². The molecule has 0 aliphatic rings. The van der Waals surface area contributed by atoms with E-state index in [0.29, 0.717) is 12.1 Å². The Morgan fingerprint density at radius 3 is 2.32 bits per heavy atom. The second kappa shape index (κ2) is 8.19. The fourth-order valence-electron chi connectivity index (χ4n) is 2.49. The van der Waals surface area contributed by atoms with Crippen LogP contribution in [0.2, 0.25) is 0 Å². The van der Waals surface area contributed by atoms with Crippen molar-refractivity contribution in [1.29, 1.82) is 0 Å². The first kappa shape index (κ1) is 18.3. The van der Waals surface area contributed by atoms with Gasteiger partial charge in [0.15, 0.2) is 0 Å². The number of benzene rings is 2. The molecule has 0 aromatic heterocycles. The minimum Gasteiger partial charge on any atom is -0.497 e. The van der Waals surface area contributed by atoms with Gasteiger partial charge in [0.25, 0.3) is 0 Å². The quantitative estimate of drug-likeness (QED) is 0.803. The lowest BCUT2D eigenvalue weighted by atomic mass is 9.97. The number of nitrogens with one attached hydrogen (secondary N) is 1. The number of hydrogen-bond acceptors (Lipinski definition) is 4. The predicted molar refractivity (Wildman–Crippen MR) is 94.6 cm³/mol. The molecular formula is C19H21NO5. The first-order valence-electron chi connectivity index (χ1n) is 7.79. The number of carbonyl (C=O) groups is 2. The van der Waals surface area contributed by atoms with E-state index in [0.717, 1.165) is 11.3 Å². The van der Waals surface area contributed by atoms with Crippen molar-refractivity contribution >= 4 is 17.6 Å². The maximum absolute atomic E-state index is 12.2. The smallest absolute Gasteiger partial charge is 0.339 e. The number of carboxylic acids is 1. The molecule has 0 spiro atoms. The Labute approximate surface area is 146 Å². The number of carbonyl (C=O) groups excluding carboxylic acids is 1. The van der Waals surface area contributed by atoms with Gasteiger partial charge in [0.05, 0.1) is 14.2 Å². The van der Waals surface area contributed by atoms with Crippen LogP contribution in [-0.2, 0) is 4.79 Å². The van der Waals surface area contributed by atoms with Gasteiger partial charge in [-0.05, 0) is 35.7 Å². The highest BCUT2D eigenvalue weighted by molar-refractivity contribution is 5.94. The normalized spacial score (nSPS) is 11.5. The standard InChI is InChI=1S/C19H21NO5/c1-12(13-4-7-15(24-2)8-5-13)10-18(21)20-14-6-9-16(19(22)23)17(11-14)25-3/h4-9,11-12H,10H2,1-3H3,(H,20,21)(H,22,23). The summed E-state index contributed by atoms with van der Waals surface area (Å²) in [7, 11) is 2.99. The Bertz CT molecular complexity index is 755. The third-order valence-corrected chi connectivity index (χ3v) is 3.89. The zero-order valence-corrected chi connectivity index (χ0v) is 14.4. The fourth-order valence-corrected chi connectivity index (χ4v) is 2.49. The van der Waals surface area contributed by atoms with Crippen molar-refractivity contribution in [2.75, 3.05) is 19.5 Å². The number of methoxy groups -OCH3 is 2. The second-order valence-electron chi connectivity index (χ2n) is 5.65. The molecule has 0 radical (unpaired) electrons. The van der Waals surface area contributed by atoms with Gasteiger partial charge < -0.3 is 19.9 Å². The highest BCUT2D eigenvalue weighted by atomic mass is 16.5. The molecule has 0 fully saturated rings. The van der Waals surface area contributed by atoms with Gasteiger partial charge >= 0.3 is 5.97 Å². The summed E-state index contributed by atoms with van der Waals surface area (Å²) in [6.07, 6.45) is 0.301. The van der Waals surface area contributed by atoms with E-state index in [2.05, 4.69) is 5.32 Å². The van der Waals surface area contributed by atoms with Crippen molar-refractivity contribution in [3.63, 3.8) is 0 Å². The molecule has 0 aliphatic heterocycles. The molecule has 25 heavy (non-hydrogen) atoms. The van der Waals surface area contributed by atoms with Gasteiger partial charge in [-0.1, -0.05) is 19.1 Å². The fraction of sp³-hybridized carbons (Fsp3) is 0.263. The molecule has 6 heteroatoms. The lowest BCUT2D eigenvalue weighted by molar-refractivity contribution is -0.116. The van der Waals surface area contributed by atoms with Gasteiger partial charge in [0.1, 0.15) is 17.1 Å². The van der Waals surface area contributed by atoms with E-state index in [-0.39, 0.29) is 23.1 Å². The van der Waals surface area contributed by atoms with E-state index >= 15 is 0 Å². The Balaban J connectivity index is 2.02. The lowest BCUT2D eigenvalue weighted by Gasteiger charge is -2.13. The average Bonchev–Trinajstić information content (AvgIpc) is 2.61. The van der Waals surface area contributed by atoms with Crippen molar-refractivity contribution in [2.24, 2.45) is 0 Å². The second-order valence-corrected chi connectivity index (χ2v) is 5.65. The van der Waals surface area contributed by atoms with Crippen LogP contribution in [0.15, 0.2) is 42.5 Å².